The quantitative estimate of drug-likeness (QED) is 0.606. The van der Waals surface area contributed by atoms with E-state index in [4.69, 9.17) is 5.11 Å². The number of fused-ring (bicyclic) bond motifs is 1. The molecule has 0 amide bonds. The summed E-state index contributed by atoms with van der Waals surface area (Å²) >= 11 is 1.99. The number of rotatable bonds is 1. The lowest BCUT2D eigenvalue weighted by molar-refractivity contribution is 0.284. The molecule has 1 nitrogen and oxygen atoms in total. The van der Waals surface area contributed by atoms with Crippen LogP contribution in [0.3, 0.4) is 0 Å². The largest absolute Gasteiger partial charge is 0.395 e. The molecule has 0 radical (unpaired) electrons. The van der Waals surface area contributed by atoms with Crippen molar-refractivity contribution < 1.29 is 5.11 Å². The number of hydrogen-bond donors (Lipinski definition) is 1. The first kappa shape index (κ1) is 7.69. The molecule has 1 fully saturated rings. The van der Waals surface area contributed by atoms with Crippen LogP contribution in [0.5, 0.6) is 0 Å². The molecule has 3 atom stereocenters. The summed E-state index contributed by atoms with van der Waals surface area (Å²) in [5, 5.41) is 10.3. The lowest BCUT2D eigenvalue weighted by Gasteiger charge is -2.18. The third kappa shape index (κ3) is 1.47. The Hall–Kier alpha value is 0.0500. The van der Waals surface area contributed by atoms with E-state index in [1.807, 2.05) is 11.8 Å². The normalized spacial score (nSPS) is 42.5. The van der Waals surface area contributed by atoms with Gasteiger partial charge in [0.1, 0.15) is 0 Å². The van der Waals surface area contributed by atoms with Crippen molar-refractivity contribution in [1.82, 2.24) is 0 Å². The third-order valence-electron chi connectivity index (χ3n) is 2.64. The summed E-state index contributed by atoms with van der Waals surface area (Å²) < 4.78 is 0. The maximum atomic E-state index is 8.97. The van der Waals surface area contributed by atoms with Crippen molar-refractivity contribution in [2.45, 2.75) is 29.8 Å². The minimum atomic E-state index is 0.373. The van der Waals surface area contributed by atoms with E-state index in [-0.39, 0.29) is 0 Å². The zero-order valence-electron chi connectivity index (χ0n) is 6.57. The Labute approximate surface area is 71.9 Å². The highest BCUT2D eigenvalue weighted by Gasteiger charge is 2.34. The smallest absolute Gasteiger partial charge is 0.0550 e. The minimum Gasteiger partial charge on any atom is -0.395 e. The second kappa shape index (κ2) is 3.20. The molecule has 1 aliphatic heterocycles. The molecule has 0 aromatic heterocycles. The molecule has 0 aromatic carbocycles. The molecular weight excluding hydrogens is 156 g/mol. The fourth-order valence-electron chi connectivity index (χ4n) is 2.02. The first-order valence-electron chi connectivity index (χ1n) is 4.31. The van der Waals surface area contributed by atoms with Gasteiger partial charge in [0.2, 0.25) is 0 Å². The Bertz CT molecular complexity index is 151. The number of allylic oxidation sites excluding steroid dienone is 2. The lowest BCUT2D eigenvalue weighted by Crippen LogP contribution is -2.12. The molecule has 2 rings (SSSR count). The minimum absolute atomic E-state index is 0.373. The molecule has 0 saturated carbocycles. The van der Waals surface area contributed by atoms with Crippen molar-refractivity contribution in [1.29, 1.82) is 0 Å². The van der Waals surface area contributed by atoms with Crippen molar-refractivity contribution in [3.05, 3.63) is 12.2 Å². The van der Waals surface area contributed by atoms with Gasteiger partial charge in [0.15, 0.2) is 0 Å². The van der Waals surface area contributed by atoms with Crippen molar-refractivity contribution in [3.8, 4) is 0 Å². The van der Waals surface area contributed by atoms with Crippen LogP contribution in [0.1, 0.15) is 19.3 Å². The Morgan fingerprint density at radius 2 is 2.18 bits per heavy atom. The van der Waals surface area contributed by atoms with Gasteiger partial charge < -0.3 is 5.11 Å². The maximum absolute atomic E-state index is 8.97. The fraction of sp³-hybridized carbons (Fsp3) is 0.778. The SMILES string of the molecule is OCC1CC2CC=CC[C@H]2S1. The monoisotopic (exact) mass is 170 g/mol. The van der Waals surface area contributed by atoms with E-state index in [0.717, 1.165) is 11.2 Å². The predicted octanol–water partition coefficient (Wildman–Crippen LogP) is 1.82. The van der Waals surface area contributed by atoms with E-state index in [1.54, 1.807) is 0 Å². The van der Waals surface area contributed by atoms with E-state index >= 15 is 0 Å². The first-order chi connectivity index (χ1) is 5.40. The van der Waals surface area contributed by atoms with Crippen molar-refractivity contribution in [2.24, 2.45) is 5.92 Å². The molecule has 0 spiro atoms. The average Bonchev–Trinajstić information content (AvgIpc) is 2.46. The molecule has 1 aliphatic carbocycles. The van der Waals surface area contributed by atoms with Crippen LogP contribution in [-0.2, 0) is 0 Å². The van der Waals surface area contributed by atoms with Crippen molar-refractivity contribution in [2.75, 3.05) is 6.61 Å². The molecule has 0 bridgehead atoms. The standard InChI is InChI=1S/C9H14OS/c10-6-8-5-7-3-1-2-4-9(7)11-8/h1-2,7-10H,3-6H2/t7?,8?,9-/m1/s1. The van der Waals surface area contributed by atoms with Gasteiger partial charge >= 0.3 is 0 Å². The van der Waals surface area contributed by atoms with E-state index < -0.39 is 0 Å². The van der Waals surface area contributed by atoms with Gasteiger partial charge in [-0.3, -0.25) is 0 Å². The van der Waals surface area contributed by atoms with Gasteiger partial charge in [-0.05, 0) is 25.2 Å². The highest BCUT2D eigenvalue weighted by Crippen LogP contribution is 2.43. The van der Waals surface area contributed by atoms with E-state index in [1.165, 1.54) is 19.3 Å². The Morgan fingerprint density at radius 3 is 2.91 bits per heavy atom. The van der Waals surface area contributed by atoms with Gasteiger partial charge in [-0.2, -0.15) is 11.8 Å². The molecule has 11 heavy (non-hydrogen) atoms. The molecule has 1 saturated heterocycles. The van der Waals surface area contributed by atoms with Crippen LogP contribution in [0.25, 0.3) is 0 Å². The molecule has 2 unspecified atom stereocenters. The summed E-state index contributed by atoms with van der Waals surface area (Å²) in [5.41, 5.74) is 0. The number of hydrogen-bond acceptors (Lipinski definition) is 2. The molecule has 2 aliphatic rings. The Kier molecular flexibility index (Phi) is 2.23. The molecule has 1 heterocycles. The summed E-state index contributed by atoms with van der Waals surface area (Å²) in [6.07, 6.45) is 8.28. The summed E-state index contributed by atoms with van der Waals surface area (Å²) in [6, 6.07) is 0. The average molecular weight is 170 g/mol. The molecule has 62 valence electrons. The summed E-state index contributed by atoms with van der Waals surface area (Å²) in [6.45, 7) is 0.373. The van der Waals surface area contributed by atoms with Crippen LogP contribution >= 0.6 is 11.8 Å². The topological polar surface area (TPSA) is 20.2 Å². The van der Waals surface area contributed by atoms with Crippen LogP contribution in [0.15, 0.2) is 12.2 Å². The summed E-state index contributed by atoms with van der Waals surface area (Å²) in [7, 11) is 0. The zero-order chi connectivity index (χ0) is 7.68. The van der Waals surface area contributed by atoms with Gasteiger partial charge in [0.25, 0.3) is 0 Å². The lowest BCUT2D eigenvalue weighted by atomic mass is 9.90. The van der Waals surface area contributed by atoms with Crippen LogP contribution in [0, 0.1) is 5.92 Å². The maximum Gasteiger partial charge on any atom is 0.0550 e. The number of aliphatic hydroxyl groups is 1. The molecular formula is C9H14OS. The van der Waals surface area contributed by atoms with E-state index in [9.17, 15) is 0 Å². The fourth-order valence-corrected chi connectivity index (χ4v) is 3.62. The number of aliphatic hydroxyl groups excluding tert-OH is 1. The second-order valence-corrected chi connectivity index (χ2v) is 4.96. The molecule has 1 N–H and O–H groups in total. The van der Waals surface area contributed by atoms with Crippen LogP contribution in [-0.4, -0.2) is 22.2 Å². The molecule has 2 heteroatoms. The number of thioether (sulfide) groups is 1. The molecule has 0 aromatic rings. The summed E-state index contributed by atoms with van der Waals surface area (Å²) in [5.74, 6) is 0.863. The van der Waals surface area contributed by atoms with Crippen LogP contribution < -0.4 is 0 Å². The van der Waals surface area contributed by atoms with Crippen molar-refractivity contribution in [3.63, 3.8) is 0 Å². The van der Waals surface area contributed by atoms with Crippen molar-refractivity contribution >= 4 is 11.8 Å². The first-order valence-corrected chi connectivity index (χ1v) is 5.25. The van der Waals surface area contributed by atoms with Gasteiger partial charge in [-0.1, -0.05) is 12.2 Å². The highest BCUT2D eigenvalue weighted by atomic mass is 32.2. The second-order valence-electron chi connectivity index (χ2n) is 3.42. The zero-order valence-corrected chi connectivity index (χ0v) is 7.39. The van der Waals surface area contributed by atoms with Gasteiger partial charge in [0.05, 0.1) is 6.61 Å². The van der Waals surface area contributed by atoms with Crippen LogP contribution in [0.4, 0.5) is 0 Å². The third-order valence-corrected chi connectivity index (χ3v) is 4.29. The van der Waals surface area contributed by atoms with Gasteiger partial charge in [0, 0.05) is 10.5 Å². The van der Waals surface area contributed by atoms with Gasteiger partial charge in [-0.15, -0.1) is 0 Å². The Balaban J connectivity index is 1.98. The van der Waals surface area contributed by atoms with E-state index in [2.05, 4.69) is 12.2 Å². The highest BCUT2D eigenvalue weighted by molar-refractivity contribution is 8.00. The van der Waals surface area contributed by atoms with Gasteiger partial charge in [-0.25, -0.2) is 0 Å². The Morgan fingerprint density at radius 1 is 1.36 bits per heavy atom. The summed E-state index contributed by atoms with van der Waals surface area (Å²) in [4.78, 5) is 0. The van der Waals surface area contributed by atoms with E-state index in [0.29, 0.717) is 11.9 Å². The van der Waals surface area contributed by atoms with Crippen LogP contribution in [0.2, 0.25) is 0 Å². The predicted molar refractivity (Wildman–Crippen MR) is 48.7 cm³/mol.